The lowest BCUT2D eigenvalue weighted by Crippen LogP contribution is -2.05. The number of rotatable bonds is 3. The molecule has 0 saturated carbocycles. The number of halogens is 1. The van der Waals surface area contributed by atoms with Gasteiger partial charge in [-0.25, -0.2) is 4.39 Å². The Bertz CT molecular complexity index is 537. The zero-order chi connectivity index (χ0) is 12.4. The Morgan fingerprint density at radius 3 is 2.94 bits per heavy atom. The lowest BCUT2D eigenvalue weighted by Gasteiger charge is -2.16. The third-order valence-corrected chi connectivity index (χ3v) is 2.73. The van der Waals surface area contributed by atoms with Gasteiger partial charge in [-0.3, -0.25) is 4.98 Å². The molecule has 0 spiro atoms. The molecule has 17 heavy (non-hydrogen) atoms. The highest BCUT2D eigenvalue weighted by Crippen LogP contribution is 2.30. The normalized spacial score (nSPS) is 12.9. The molecule has 0 aliphatic rings. The predicted molar refractivity (Wildman–Crippen MR) is 66.2 cm³/mol. The number of ether oxygens (including phenoxy) is 1. The van der Waals surface area contributed by atoms with E-state index in [4.69, 9.17) is 10.5 Å². The first-order valence-corrected chi connectivity index (χ1v) is 5.58. The molecule has 0 radical (unpaired) electrons. The van der Waals surface area contributed by atoms with Crippen molar-refractivity contribution in [2.45, 2.75) is 20.0 Å². The average Bonchev–Trinajstić information content (AvgIpc) is 2.28. The number of nitrogen functional groups attached to an aromatic ring is 1. The molecule has 2 N–H and O–H groups in total. The topological polar surface area (TPSA) is 48.1 Å². The van der Waals surface area contributed by atoms with Crippen LogP contribution in [0.15, 0.2) is 24.4 Å². The zero-order valence-corrected chi connectivity index (χ0v) is 9.90. The quantitative estimate of drug-likeness (QED) is 0.887. The van der Waals surface area contributed by atoms with E-state index in [1.807, 2.05) is 13.8 Å². The fourth-order valence-corrected chi connectivity index (χ4v) is 1.99. The number of fused-ring (bicyclic) bond motifs is 1. The van der Waals surface area contributed by atoms with E-state index in [0.717, 1.165) is 11.1 Å². The molecule has 0 fully saturated rings. The van der Waals surface area contributed by atoms with Gasteiger partial charge in [0.25, 0.3) is 0 Å². The third-order valence-electron chi connectivity index (χ3n) is 2.73. The molecule has 4 heteroatoms. The van der Waals surface area contributed by atoms with Gasteiger partial charge in [0.2, 0.25) is 0 Å². The van der Waals surface area contributed by atoms with Crippen LogP contribution in [0.2, 0.25) is 0 Å². The summed E-state index contributed by atoms with van der Waals surface area (Å²) in [6.45, 7) is 4.40. The Morgan fingerprint density at radius 1 is 1.47 bits per heavy atom. The summed E-state index contributed by atoms with van der Waals surface area (Å²) in [6.07, 6.45) is 1.41. The number of anilines is 1. The minimum Gasteiger partial charge on any atom is -0.397 e. The van der Waals surface area contributed by atoms with E-state index in [1.165, 1.54) is 12.1 Å². The van der Waals surface area contributed by atoms with Crippen LogP contribution in [0.25, 0.3) is 10.9 Å². The van der Waals surface area contributed by atoms with Crippen molar-refractivity contribution in [2.75, 3.05) is 12.3 Å². The summed E-state index contributed by atoms with van der Waals surface area (Å²) in [5, 5.41) is 0.714. The largest absolute Gasteiger partial charge is 0.397 e. The average molecular weight is 234 g/mol. The molecule has 0 aliphatic heterocycles. The van der Waals surface area contributed by atoms with Gasteiger partial charge >= 0.3 is 0 Å². The predicted octanol–water partition coefficient (Wildman–Crippen LogP) is 3.05. The van der Waals surface area contributed by atoms with Crippen molar-refractivity contribution in [3.63, 3.8) is 0 Å². The summed E-state index contributed by atoms with van der Waals surface area (Å²) in [7, 11) is 0. The van der Waals surface area contributed by atoms with Gasteiger partial charge in [0.05, 0.1) is 23.5 Å². The number of nitrogens with two attached hydrogens (primary N) is 1. The second-order valence-electron chi connectivity index (χ2n) is 3.89. The fraction of sp³-hybridized carbons (Fsp3) is 0.308. The van der Waals surface area contributed by atoms with Crippen LogP contribution in [0.3, 0.4) is 0 Å². The van der Waals surface area contributed by atoms with Crippen molar-refractivity contribution in [2.24, 2.45) is 0 Å². The Morgan fingerprint density at radius 2 is 2.24 bits per heavy atom. The maximum atomic E-state index is 13.3. The molecule has 1 aromatic carbocycles. The van der Waals surface area contributed by atoms with Gasteiger partial charge in [-0.2, -0.15) is 0 Å². The highest BCUT2D eigenvalue weighted by molar-refractivity contribution is 5.86. The van der Waals surface area contributed by atoms with Crippen molar-refractivity contribution in [3.05, 3.63) is 35.8 Å². The zero-order valence-electron chi connectivity index (χ0n) is 9.90. The molecule has 2 rings (SSSR count). The minimum atomic E-state index is -0.296. The Labute approximate surface area is 99.4 Å². The van der Waals surface area contributed by atoms with Crippen LogP contribution in [-0.2, 0) is 4.74 Å². The van der Waals surface area contributed by atoms with E-state index in [-0.39, 0.29) is 11.9 Å². The van der Waals surface area contributed by atoms with Crippen LogP contribution in [0.4, 0.5) is 10.1 Å². The van der Waals surface area contributed by atoms with Crippen LogP contribution in [-0.4, -0.2) is 11.6 Å². The number of aromatic nitrogens is 1. The highest BCUT2D eigenvalue weighted by Gasteiger charge is 2.14. The van der Waals surface area contributed by atoms with Gasteiger partial charge in [0.15, 0.2) is 0 Å². The van der Waals surface area contributed by atoms with Crippen LogP contribution in [0.5, 0.6) is 0 Å². The standard InChI is InChI=1S/C13H15FN2O/c1-3-17-8(2)13-10-6-9(14)4-5-12(10)16-7-11(13)15/h4-8H,3,15H2,1-2H3. The second-order valence-corrected chi connectivity index (χ2v) is 3.89. The van der Waals surface area contributed by atoms with Gasteiger partial charge in [-0.1, -0.05) is 0 Å². The van der Waals surface area contributed by atoms with Crippen molar-refractivity contribution in [1.82, 2.24) is 4.98 Å². The van der Waals surface area contributed by atoms with Gasteiger partial charge in [-0.15, -0.1) is 0 Å². The van der Waals surface area contributed by atoms with Crippen molar-refractivity contribution in [1.29, 1.82) is 0 Å². The first kappa shape index (κ1) is 11.8. The lowest BCUT2D eigenvalue weighted by atomic mass is 10.0. The number of benzene rings is 1. The molecular formula is C13H15FN2O. The van der Waals surface area contributed by atoms with Crippen LogP contribution in [0.1, 0.15) is 25.5 Å². The molecular weight excluding hydrogens is 219 g/mol. The van der Waals surface area contributed by atoms with E-state index >= 15 is 0 Å². The molecule has 1 atom stereocenters. The molecule has 2 aromatic rings. The molecule has 3 nitrogen and oxygen atoms in total. The molecule has 0 bridgehead atoms. The van der Waals surface area contributed by atoms with Gasteiger partial charge in [-0.05, 0) is 32.0 Å². The first-order valence-electron chi connectivity index (χ1n) is 5.58. The first-order chi connectivity index (χ1) is 8.13. The number of hydrogen-bond donors (Lipinski definition) is 1. The lowest BCUT2D eigenvalue weighted by molar-refractivity contribution is 0.0779. The molecule has 90 valence electrons. The van der Waals surface area contributed by atoms with Gasteiger partial charge in [0.1, 0.15) is 5.82 Å². The highest BCUT2D eigenvalue weighted by atomic mass is 19.1. The van der Waals surface area contributed by atoms with Crippen LogP contribution in [0, 0.1) is 5.82 Å². The molecule has 1 aromatic heterocycles. The summed E-state index contributed by atoms with van der Waals surface area (Å²) in [5.41, 5.74) is 7.96. The van der Waals surface area contributed by atoms with Crippen LogP contribution >= 0.6 is 0 Å². The summed E-state index contributed by atoms with van der Waals surface area (Å²) in [4.78, 5) is 4.18. The number of hydrogen-bond acceptors (Lipinski definition) is 3. The van der Waals surface area contributed by atoms with E-state index in [0.29, 0.717) is 17.7 Å². The SMILES string of the molecule is CCOC(C)c1c(N)cnc2ccc(F)cc12. The Balaban J connectivity index is 2.65. The number of nitrogens with zero attached hydrogens (tertiary/aromatic N) is 1. The van der Waals surface area contributed by atoms with Gasteiger partial charge < -0.3 is 10.5 Å². The molecule has 0 amide bonds. The van der Waals surface area contributed by atoms with E-state index in [2.05, 4.69) is 4.98 Å². The third kappa shape index (κ3) is 2.22. The summed E-state index contributed by atoms with van der Waals surface area (Å²) >= 11 is 0. The Kier molecular flexibility index (Phi) is 3.24. The van der Waals surface area contributed by atoms with E-state index < -0.39 is 0 Å². The second kappa shape index (κ2) is 4.67. The molecule has 0 saturated heterocycles. The Hall–Kier alpha value is -1.68. The summed E-state index contributed by atoms with van der Waals surface area (Å²) in [5.74, 6) is -0.296. The van der Waals surface area contributed by atoms with Crippen molar-refractivity contribution >= 4 is 16.6 Å². The van der Waals surface area contributed by atoms with Crippen LogP contribution < -0.4 is 5.73 Å². The fourth-order valence-electron chi connectivity index (χ4n) is 1.99. The maximum absolute atomic E-state index is 13.3. The van der Waals surface area contributed by atoms with Crippen molar-refractivity contribution in [3.8, 4) is 0 Å². The van der Waals surface area contributed by atoms with Crippen molar-refractivity contribution < 1.29 is 9.13 Å². The molecule has 1 unspecified atom stereocenters. The van der Waals surface area contributed by atoms with E-state index in [1.54, 1.807) is 12.3 Å². The monoisotopic (exact) mass is 234 g/mol. The summed E-state index contributed by atoms with van der Waals surface area (Å²) in [6, 6.07) is 4.48. The van der Waals surface area contributed by atoms with Gasteiger partial charge in [0, 0.05) is 17.6 Å². The van der Waals surface area contributed by atoms with E-state index in [9.17, 15) is 4.39 Å². The molecule has 1 heterocycles. The number of pyridine rings is 1. The summed E-state index contributed by atoms with van der Waals surface area (Å²) < 4.78 is 18.8. The molecule has 0 aliphatic carbocycles. The minimum absolute atomic E-state index is 0.174. The maximum Gasteiger partial charge on any atom is 0.123 e. The smallest absolute Gasteiger partial charge is 0.123 e.